The summed E-state index contributed by atoms with van der Waals surface area (Å²) in [6.07, 6.45) is 3.00. The lowest BCUT2D eigenvalue weighted by Crippen LogP contribution is -2.26. The number of halogens is 3. The average molecular weight is 406 g/mol. The monoisotopic (exact) mass is 405 g/mol. The Morgan fingerprint density at radius 3 is 2.68 bits per heavy atom. The smallest absolute Gasteiger partial charge is 0.303 e. The molecule has 0 aromatic carbocycles. The van der Waals surface area contributed by atoms with Gasteiger partial charge in [-0.15, -0.1) is 5.10 Å². The van der Waals surface area contributed by atoms with E-state index in [1.807, 2.05) is 0 Å². The fourth-order valence-electron chi connectivity index (χ4n) is 4.09. The van der Waals surface area contributed by atoms with Crippen molar-refractivity contribution in [1.82, 2.24) is 30.0 Å². The number of fused-ring (bicyclic) bond motifs is 2. The van der Waals surface area contributed by atoms with E-state index in [1.165, 1.54) is 6.20 Å². The molecule has 1 N–H and O–H groups in total. The summed E-state index contributed by atoms with van der Waals surface area (Å²) in [6, 6.07) is 3.24. The van der Waals surface area contributed by atoms with Crippen molar-refractivity contribution < 1.29 is 8.78 Å². The lowest BCUT2D eigenvalue weighted by atomic mass is 10.0. The first-order chi connectivity index (χ1) is 13.4. The summed E-state index contributed by atoms with van der Waals surface area (Å²) in [4.78, 5) is 14.2. The predicted molar refractivity (Wildman–Crippen MR) is 101 cm³/mol. The zero-order valence-electron chi connectivity index (χ0n) is 15.1. The SMILES string of the molecule is CC(F)(F)c1nccc(-n2nc(N3CC4CNCC4C3)c3cnc(Cl)cc32)n1. The fourth-order valence-corrected chi connectivity index (χ4v) is 4.24. The van der Waals surface area contributed by atoms with Crippen LogP contribution in [-0.2, 0) is 5.92 Å². The average Bonchev–Trinajstić information content (AvgIpc) is 3.33. The highest BCUT2D eigenvalue weighted by molar-refractivity contribution is 6.30. The summed E-state index contributed by atoms with van der Waals surface area (Å²) in [7, 11) is 0. The highest BCUT2D eigenvalue weighted by Crippen LogP contribution is 2.35. The van der Waals surface area contributed by atoms with Gasteiger partial charge >= 0.3 is 5.92 Å². The molecule has 5 heterocycles. The third-order valence-corrected chi connectivity index (χ3v) is 5.66. The Hall–Kier alpha value is -2.39. The van der Waals surface area contributed by atoms with Crippen molar-refractivity contribution in [2.24, 2.45) is 11.8 Å². The van der Waals surface area contributed by atoms with E-state index >= 15 is 0 Å². The Morgan fingerprint density at radius 1 is 1.21 bits per heavy atom. The Balaban J connectivity index is 1.63. The molecule has 0 aliphatic carbocycles. The van der Waals surface area contributed by atoms with Crippen molar-refractivity contribution >= 4 is 28.3 Å². The van der Waals surface area contributed by atoms with Crippen molar-refractivity contribution in [3.05, 3.63) is 35.5 Å². The minimum atomic E-state index is -3.14. The molecule has 0 saturated carbocycles. The van der Waals surface area contributed by atoms with Crippen LogP contribution in [0.2, 0.25) is 5.15 Å². The summed E-state index contributed by atoms with van der Waals surface area (Å²) in [5.74, 6) is -1.46. The lowest BCUT2D eigenvalue weighted by molar-refractivity contribution is 0.00764. The number of hydrogen-bond donors (Lipinski definition) is 1. The maximum absolute atomic E-state index is 13.7. The number of pyridine rings is 1. The molecule has 3 aromatic rings. The molecule has 0 radical (unpaired) electrons. The molecular weight excluding hydrogens is 388 g/mol. The van der Waals surface area contributed by atoms with Gasteiger partial charge in [0.2, 0.25) is 5.82 Å². The van der Waals surface area contributed by atoms with E-state index in [4.69, 9.17) is 16.7 Å². The number of rotatable bonds is 3. The van der Waals surface area contributed by atoms with Gasteiger partial charge < -0.3 is 10.2 Å². The maximum Gasteiger partial charge on any atom is 0.303 e. The van der Waals surface area contributed by atoms with Crippen LogP contribution in [0.3, 0.4) is 0 Å². The third-order valence-electron chi connectivity index (χ3n) is 5.45. The van der Waals surface area contributed by atoms with E-state index in [0.717, 1.165) is 44.3 Å². The quantitative estimate of drug-likeness (QED) is 0.675. The fraction of sp³-hybridized carbons (Fsp3) is 0.444. The van der Waals surface area contributed by atoms with Gasteiger partial charge in [0.25, 0.3) is 0 Å². The van der Waals surface area contributed by atoms with Gasteiger partial charge in [-0.2, -0.15) is 8.78 Å². The van der Waals surface area contributed by atoms with Gasteiger partial charge in [-0.25, -0.2) is 19.6 Å². The van der Waals surface area contributed by atoms with E-state index in [-0.39, 0.29) is 5.82 Å². The Morgan fingerprint density at radius 2 is 1.96 bits per heavy atom. The van der Waals surface area contributed by atoms with Gasteiger partial charge in [0.15, 0.2) is 11.6 Å². The lowest BCUT2D eigenvalue weighted by Gasteiger charge is -2.17. The van der Waals surface area contributed by atoms with Crippen molar-refractivity contribution in [2.75, 3.05) is 31.1 Å². The van der Waals surface area contributed by atoms with Gasteiger partial charge in [-0.05, 0) is 11.8 Å². The topological polar surface area (TPSA) is 71.8 Å². The van der Waals surface area contributed by atoms with E-state index in [2.05, 4.69) is 25.2 Å². The Kier molecular flexibility index (Phi) is 3.99. The number of hydrogen-bond acceptors (Lipinski definition) is 6. The number of nitrogens with zero attached hydrogens (tertiary/aromatic N) is 6. The van der Waals surface area contributed by atoms with Crippen LogP contribution >= 0.6 is 11.6 Å². The molecule has 2 aliphatic heterocycles. The van der Waals surface area contributed by atoms with E-state index in [0.29, 0.717) is 22.5 Å². The molecule has 2 fully saturated rings. The minimum absolute atomic E-state index is 0.270. The van der Waals surface area contributed by atoms with Crippen LogP contribution in [0.25, 0.3) is 16.7 Å². The summed E-state index contributed by atoms with van der Waals surface area (Å²) in [5, 5.41) is 9.27. The zero-order chi connectivity index (χ0) is 19.5. The minimum Gasteiger partial charge on any atom is -0.354 e. The molecule has 3 aromatic heterocycles. The molecule has 28 heavy (non-hydrogen) atoms. The first kappa shape index (κ1) is 17.7. The molecule has 5 rings (SSSR count). The molecule has 2 atom stereocenters. The molecule has 0 amide bonds. The molecule has 2 aliphatic rings. The summed E-state index contributed by atoms with van der Waals surface area (Å²) >= 11 is 6.10. The van der Waals surface area contributed by atoms with Crippen LogP contribution in [0.4, 0.5) is 14.6 Å². The molecule has 10 heteroatoms. The molecule has 7 nitrogen and oxygen atoms in total. The second-order valence-corrected chi connectivity index (χ2v) is 7.86. The van der Waals surface area contributed by atoms with Crippen molar-refractivity contribution in [1.29, 1.82) is 0 Å². The van der Waals surface area contributed by atoms with Gasteiger partial charge in [0.05, 0.1) is 10.9 Å². The van der Waals surface area contributed by atoms with E-state index < -0.39 is 11.7 Å². The van der Waals surface area contributed by atoms with Gasteiger partial charge in [-0.1, -0.05) is 11.6 Å². The Labute approximate surface area is 164 Å². The standard InChI is InChI=1S/C18H18ClF2N7/c1-18(20,21)17-23-3-2-15(25-17)28-13-4-14(19)24-7-12(13)16(26-28)27-8-10-5-22-6-11(10)9-27/h2-4,7,10-11,22H,5-6,8-9H2,1H3. The summed E-state index contributed by atoms with van der Waals surface area (Å²) in [6.45, 7) is 4.58. The largest absolute Gasteiger partial charge is 0.354 e. The van der Waals surface area contributed by atoms with Crippen molar-refractivity contribution in [3.8, 4) is 5.82 Å². The molecule has 2 unspecified atom stereocenters. The van der Waals surface area contributed by atoms with Gasteiger partial charge in [0.1, 0.15) is 5.15 Å². The normalized spacial score (nSPS) is 22.2. The first-order valence-corrected chi connectivity index (χ1v) is 9.49. The zero-order valence-corrected chi connectivity index (χ0v) is 15.9. The van der Waals surface area contributed by atoms with Crippen LogP contribution in [-0.4, -0.2) is 50.9 Å². The van der Waals surface area contributed by atoms with Crippen LogP contribution in [0, 0.1) is 11.8 Å². The van der Waals surface area contributed by atoms with Crippen LogP contribution in [0.5, 0.6) is 0 Å². The number of aromatic nitrogens is 5. The highest BCUT2D eigenvalue weighted by atomic mass is 35.5. The highest BCUT2D eigenvalue weighted by Gasteiger charge is 2.38. The molecule has 0 spiro atoms. The van der Waals surface area contributed by atoms with Gasteiger partial charge in [-0.3, -0.25) is 0 Å². The molecule has 0 bridgehead atoms. The predicted octanol–water partition coefficient (Wildman–Crippen LogP) is 2.63. The van der Waals surface area contributed by atoms with Crippen LogP contribution < -0.4 is 10.2 Å². The number of alkyl halides is 2. The van der Waals surface area contributed by atoms with E-state index in [1.54, 1.807) is 23.0 Å². The van der Waals surface area contributed by atoms with Crippen LogP contribution in [0.1, 0.15) is 12.7 Å². The summed E-state index contributed by atoms with van der Waals surface area (Å²) in [5.41, 5.74) is 0.675. The molecular formula is C18H18ClF2N7. The first-order valence-electron chi connectivity index (χ1n) is 9.12. The van der Waals surface area contributed by atoms with Crippen LogP contribution in [0.15, 0.2) is 24.5 Å². The second-order valence-electron chi connectivity index (χ2n) is 7.47. The van der Waals surface area contributed by atoms with Crippen molar-refractivity contribution in [2.45, 2.75) is 12.8 Å². The van der Waals surface area contributed by atoms with E-state index in [9.17, 15) is 8.78 Å². The second kappa shape index (κ2) is 6.31. The molecule has 146 valence electrons. The van der Waals surface area contributed by atoms with Crippen molar-refractivity contribution in [3.63, 3.8) is 0 Å². The summed E-state index contributed by atoms with van der Waals surface area (Å²) < 4.78 is 29.0. The maximum atomic E-state index is 13.7. The Bertz CT molecular complexity index is 1040. The molecule has 2 saturated heterocycles. The third kappa shape index (κ3) is 2.89. The van der Waals surface area contributed by atoms with Gasteiger partial charge in [0, 0.05) is 57.6 Å². The number of anilines is 1. The number of nitrogens with one attached hydrogen (secondary N) is 1.